The Morgan fingerprint density at radius 3 is 2.58 bits per heavy atom. The maximum atomic E-state index is 11.9. The number of hydrogen-bond acceptors (Lipinski definition) is 5. The Bertz CT molecular complexity index is 755. The van der Waals surface area contributed by atoms with E-state index in [1.165, 1.54) is 11.9 Å². The summed E-state index contributed by atoms with van der Waals surface area (Å²) in [5.41, 5.74) is 0.659. The average Bonchev–Trinajstić information content (AvgIpc) is 2.79. The number of esters is 1. The number of likely N-dealkylation sites (N-methyl/N-ethyl adjacent to an activating group) is 1. The molecule has 1 aromatic rings. The summed E-state index contributed by atoms with van der Waals surface area (Å²) in [5, 5.41) is 3.51. The zero-order valence-electron chi connectivity index (χ0n) is 14.1. The minimum atomic E-state index is -0.852. The molecule has 0 bridgehead atoms. The molecule has 1 heterocycles. The van der Waals surface area contributed by atoms with Gasteiger partial charge < -0.3 is 15.0 Å². The number of nitrogens with zero attached hydrogens (tertiary/aromatic N) is 2. The van der Waals surface area contributed by atoms with E-state index in [2.05, 4.69) is 5.32 Å². The van der Waals surface area contributed by atoms with Crippen LogP contribution in [0.4, 0.5) is 4.79 Å². The molecule has 0 unspecified atom stereocenters. The van der Waals surface area contributed by atoms with Crippen molar-refractivity contribution in [2.75, 3.05) is 26.7 Å². The van der Waals surface area contributed by atoms with Crippen LogP contribution in [-0.2, 0) is 19.1 Å². The molecule has 1 aliphatic rings. The second-order valence-corrected chi connectivity index (χ2v) is 6.58. The molecule has 1 aromatic carbocycles. The lowest BCUT2D eigenvalue weighted by atomic mass is 10.1. The number of amides is 4. The quantitative estimate of drug-likeness (QED) is 0.576. The molecule has 26 heavy (non-hydrogen) atoms. The third-order valence-electron chi connectivity index (χ3n) is 3.69. The van der Waals surface area contributed by atoms with Crippen molar-refractivity contribution in [3.63, 3.8) is 0 Å². The number of urea groups is 1. The summed E-state index contributed by atoms with van der Waals surface area (Å²) in [6.45, 7) is 0.548. The van der Waals surface area contributed by atoms with Crippen molar-refractivity contribution in [1.29, 1.82) is 0 Å². The Labute approximate surface area is 160 Å². The van der Waals surface area contributed by atoms with Gasteiger partial charge >= 0.3 is 12.0 Å². The summed E-state index contributed by atoms with van der Waals surface area (Å²) in [5.74, 6) is -1.90. The van der Waals surface area contributed by atoms with Gasteiger partial charge in [0.2, 0.25) is 0 Å². The number of carbonyl (C=O) groups is 4. The molecule has 8 nitrogen and oxygen atoms in total. The van der Waals surface area contributed by atoms with Gasteiger partial charge in [0.15, 0.2) is 6.61 Å². The number of imide groups is 1. The smallest absolute Gasteiger partial charge is 0.327 e. The highest BCUT2D eigenvalue weighted by Gasteiger charge is 2.35. The van der Waals surface area contributed by atoms with Crippen molar-refractivity contribution >= 4 is 47.0 Å². The summed E-state index contributed by atoms with van der Waals surface area (Å²) in [4.78, 5) is 48.9. The third-order valence-corrected chi connectivity index (χ3v) is 4.25. The van der Waals surface area contributed by atoms with Crippen molar-refractivity contribution < 1.29 is 23.9 Å². The van der Waals surface area contributed by atoms with E-state index in [9.17, 15) is 19.2 Å². The maximum Gasteiger partial charge on any atom is 0.327 e. The molecule has 1 fully saturated rings. The van der Waals surface area contributed by atoms with Gasteiger partial charge in [0.1, 0.15) is 13.1 Å². The van der Waals surface area contributed by atoms with Crippen LogP contribution in [0.15, 0.2) is 18.2 Å². The summed E-state index contributed by atoms with van der Waals surface area (Å²) in [6, 6.07) is 3.88. The van der Waals surface area contributed by atoms with Gasteiger partial charge in [-0.05, 0) is 24.6 Å². The number of ether oxygens (including phenoxy) is 1. The Balaban J connectivity index is 1.82. The second-order valence-electron chi connectivity index (χ2n) is 5.73. The number of rotatable bonds is 6. The molecule has 10 heteroatoms. The standard InChI is InChI=1S/C16H17Cl2N3O5/c1-9(11-4-3-10(17)5-12(11)18)19-13(22)8-26-15(24)7-21-14(23)6-20(2)16(21)25/h3-5,9H,6-8H2,1-2H3,(H,19,22)/t9-/m1/s1. The monoisotopic (exact) mass is 401 g/mol. The van der Waals surface area contributed by atoms with Gasteiger partial charge in [-0.25, -0.2) is 4.79 Å². The highest BCUT2D eigenvalue weighted by Crippen LogP contribution is 2.25. The SMILES string of the molecule is C[C@@H](NC(=O)COC(=O)CN1C(=O)CN(C)C1=O)c1ccc(Cl)cc1Cl. The first kappa shape index (κ1) is 20.0. The van der Waals surface area contributed by atoms with E-state index in [1.807, 2.05) is 0 Å². The first-order valence-corrected chi connectivity index (χ1v) is 8.40. The molecule has 0 aromatic heterocycles. The Hall–Kier alpha value is -2.32. The minimum Gasteiger partial charge on any atom is -0.454 e. The lowest BCUT2D eigenvalue weighted by Crippen LogP contribution is -2.38. The molecule has 0 spiro atoms. The molecule has 1 N–H and O–H groups in total. The van der Waals surface area contributed by atoms with Crippen molar-refractivity contribution in [3.05, 3.63) is 33.8 Å². The topological polar surface area (TPSA) is 96.0 Å². The van der Waals surface area contributed by atoms with Gasteiger partial charge in [-0.2, -0.15) is 0 Å². The van der Waals surface area contributed by atoms with Gasteiger partial charge in [-0.15, -0.1) is 0 Å². The number of carbonyl (C=O) groups excluding carboxylic acids is 4. The molecule has 1 aliphatic heterocycles. The Morgan fingerprint density at radius 2 is 2.00 bits per heavy atom. The fourth-order valence-electron chi connectivity index (χ4n) is 2.36. The van der Waals surface area contributed by atoms with Crippen LogP contribution in [0, 0.1) is 0 Å². The number of nitrogens with one attached hydrogen (secondary N) is 1. The van der Waals surface area contributed by atoms with Crippen LogP contribution in [0.25, 0.3) is 0 Å². The van der Waals surface area contributed by atoms with Crippen LogP contribution >= 0.6 is 23.2 Å². The normalized spacial score (nSPS) is 15.2. The van der Waals surface area contributed by atoms with Crippen LogP contribution in [0.2, 0.25) is 10.0 Å². The van der Waals surface area contributed by atoms with Crippen molar-refractivity contribution in [2.24, 2.45) is 0 Å². The maximum absolute atomic E-state index is 11.9. The first-order valence-electron chi connectivity index (χ1n) is 7.64. The number of halogens is 2. The lowest BCUT2D eigenvalue weighted by Gasteiger charge is -2.16. The van der Waals surface area contributed by atoms with E-state index in [-0.39, 0.29) is 6.54 Å². The third kappa shape index (κ3) is 4.86. The molecule has 0 saturated carbocycles. The van der Waals surface area contributed by atoms with Gasteiger partial charge in [-0.3, -0.25) is 19.3 Å². The van der Waals surface area contributed by atoms with E-state index in [1.54, 1.807) is 25.1 Å². The summed E-state index contributed by atoms with van der Waals surface area (Å²) in [7, 11) is 1.45. The van der Waals surface area contributed by atoms with Gasteiger partial charge in [0.25, 0.3) is 11.8 Å². The predicted molar refractivity (Wildman–Crippen MR) is 93.7 cm³/mol. The molecule has 140 valence electrons. The summed E-state index contributed by atoms with van der Waals surface area (Å²) in [6.07, 6.45) is 0. The van der Waals surface area contributed by atoms with Crippen LogP contribution in [-0.4, -0.2) is 60.4 Å². The van der Waals surface area contributed by atoms with Gasteiger partial charge in [0.05, 0.1) is 6.04 Å². The molecule has 1 saturated heterocycles. The summed E-state index contributed by atoms with van der Waals surface area (Å²) >= 11 is 11.9. The zero-order chi connectivity index (χ0) is 19.4. The van der Waals surface area contributed by atoms with Crippen LogP contribution < -0.4 is 5.32 Å². The first-order chi connectivity index (χ1) is 12.2. The van der Waals surface area contributed by atoms with E-state index < -0.39 is 43.0 Å². The second kappa shape index (κ2) is 8.37. The summed E-state index contributed by atoms with van der Waals surface area (Å²) < 4.78 is 4.81. The van der Waals surface area contributed by atoms with Crippen LogP contribution in [0.3, 0.4) is 0 Å². The number of benzene rings is 1. The minimum absolute atomic E-state index is 0.0913. The fourth-order valence-corrected chi connectivity index (χ4v) is 2.93. The van der Waals surface area contributed by atoms with E-state index in [4.69, 9.17) is 27.9 Å². The van der Waals surface area contributed by atoms with Crippen LogP contribution in [0.1, 0.15) is 18.5 Å². The van der Waals surface area contributed by atoms with Crippen molar-refractivity contribution in [2.45, 2.75) is 13.0 Å². The van der Waals surface area contributed by atoms with Crippen molar-refractivity contribution in [3.8, 4) is 0 Å². The lowest BCUT2D eigenvalue weighted by molar-refractivity contribution is -0.150. The Morgan fingerprint density at radius 1 is 1.31 bits per heavy atom. The molecule has 1 atom stereocenters. The molecule has 0 aliphatic carbocycles. The van der Waals surface area contributed by atoms with Crippen LogP contribution in [0.5, 0.6) is 0 Å². The highest BCUT2D eigenvalue weighted by molar-refractivity contribution is 6.35. The van der Waals surface area contributed by atoms with Gasteiger partial charge in [0, 0.05) is 17.1 Å². The van der Waals surface area contributed by atoms with E-state index in [0.717, 1.165) is 4.90 Å². The predicted octanol–water partition coefficient (Wildman–Crippen LogP) is 1.61. The van der Waals surface area contributed by atoms with Crippen molar-refractivity contribution in [1.82, 2.24) is 15.1 Å². The molecular formula is C16H17Cl2N3O5. The van der Waals surface area contributed by atoms with Gasteiger partial charge in [-0.1, -0.05) is 29.3 Å². The molecular weight excluding hydrogens is 385 g/mol. The fraction of sp³-hybridized carbons (Fsp3) is 0.375. The van der Waals surface area contributed by atoms with E-state index >= 15 is 0 Å². The largest absolute Gasteiger partial charge is 0.454 e. The zero-order valence-corrected chi connectivity index (χ0v) is 15.6. The molecule has 2 rings (SSSR count). The number of hydrogen-bond donors (Lipinski definition) is 1. The Kier molecular flexibility index (Phi) is 6.44. The molecule has 0 radical (unpaired) electrons. The highest BCUT2D eigenvalue weighted by atomic mass is 35.5. The average molecular weight is 402 g/mol. The molecule has 4 amide bonds. The van der Waals surface area contributed by atoms with E-state index in [0.29, 0.717) is 15.6 Å².